The van der Waals surface area contributed by atoms with Gasteiger partial charge >= 0.3 is 5.97 Å². The Bertz CT molecular complexity index is 324. The number of amides is 1. The number of carboxylic acid groups (broad SMARTS) is 1. The van der Waals surface area contributed by atoms with Crippen molar-refractivity contribution in [2.75, 3.05) is 45.8 Å². The molecule has 0 radical (unpaired) electrons. The van der Waals surface area contributed by atoms with Crippen molar-refractivity contribution in [1.29, 1.82) is 0 Å². The molecular formula is C14H27N3O3. The van der Waals surface area contributed by atoms with E-state index in [4.69, 9.17) is 5.11 Å². The van der Waals surface area contributed by atoms with Crippen molar-refractivity contribution in [2.45, 2.75) is 33.2 Å². The summed E-state index contributed by atoms with van der Waals surface area (Å²) < 4.78 is 0. The van der Waals surface area contributed by atoms with Crippen LogP contribution in [0.25, 0.3) is 0 Å². The molecule has 20 heavy (non-hydrogen) atoms. The van der Waals surface area contributed by atoms with Crippen molar-refractivity contribution in [3.8, 4) is 0 Å². The normalized spacial score (nSPS) is 18.8. The maximum Gasteiger partial charge on any atom is 0.304 e. The van der Waals surface area contributed by atoms with Gasteiger partial charge in [-0.15, -0.1) is 0 Å². The Labute approximate surface area is 121 Å². The Morgan fingerprint density at radius 1 is 1.15 bits per heavy atom. The molecule has 1 aliphatic heterocycles. The van der Waals surface area contributed by atoms with Gasteiger partial charge in [0.2, 0.25) is 5.91 Å². The van der Waals surface area contributed by atoms with Gasteiger partial charge in [0, 0.05) is 45.8 Å². The molecule has 1 atom stereocenters. The van der Waals surface area contributed by atoms with E-state index in [9.17, 15) is 9.59 Å². The smallest absolute Gasteiger partial charge is 0.304 e. The highest BCUT2D eigenvalue weighted by molar-refractivity contribution is 5.81. The molecular weight excluding hydrogens is 258 g/mol. The number of carbonyl (C=O) groups excluding carboxylic acids is 1. The van der Waals surface area contributed by atoms with Crippen LogP contribution in [0.5, 0.6) is 0 Å². The summed E-state index contributed by atoms with van der Waals surface area (Å²) in [6.07, 6.45) is 0.188. The lowest BCUT2D eigenvalue weighted by Gasteiger charge is -2.38. The predicted molar refractivity (Wildman–Crippen MR) is 77.7 cm³/mol. The van der Waals surface area contributed by atoms with E-state index >= 15 is 0 Å². The first-order valence-corrected chi connectivity index (χ1v) is 7.46. The molecule has 1 amide bonds. The molecule has 116 valence electrons. The monoisotopic (exact) mass is 285 g/mol. The fourth-order valence-electron chi connectivity index (χ4n) is 2.58. The lowest BCUT2D eigenvalue weighted by atomic mass is 10.2. The standard InChI is InChI=1S/C14H27N3O3/c1-4-16(5-2)14(20)12(3)17-10-8-15(9-11-17)7-6-13(18)19/h12H,4-11H2,1-3H3,(H,18,19). The van der Waals surface area contributed by atoms with Gasteiger partial charge in [0.25, 0.3) is 0 Å². The Morgan fingerprint density at radius 3 is 2.15 bits per heavy atom. The second-order valence-electron chi connectivity index (χ2n) is 5.21. The minimum atomic E-state index is -0.752. The number of carbonyl (C=O) groups is 2. The summed E-state index contributed by atoms with van der Waals surface area (Å²) in [7, 11) is 0. The molecule has 0 aromatic rings. The van der Waals surface area contributed by atoms with Crippen molar-refractivity contribution in [3.63, 3.8) is 0 Å². The Balaban J connectivity index is 2.40. The average molecular weight is 285 g/mol. The zero-order valence-corrected chi connectivity index (χ0v) is 12.8. The van der Waals surface area contributed by atoms with Crippen LogP contribution in [0.4, 0.5) is 0 Å². The van der Waals surface area contributed by atoms with E-state index in [-0.39, 0.29) is 18.4 Å². The summed E-state index contributed by atoms with van der Waals surface area (Å²) in [5, 5.41) is 8.69. The third-order valence-electron chi connectivity index (χ3n) is 4.03. The zero-order valence-electron chi connectivity index (χ0n) is 12.8. The van der Waals surface area contributed by atoms with Gasteiger partial charge in [-0.05, 0) is 20.8 Å². The Morgan fingerprint density at radius 2 is 1.70 bits per heavy atom. The molecule has 0 saturated carbocycles. The summed E-state index contributed by atoms with van der Waals surface area (Å²) >= 11 is 0. The SMILES string of the molecule is CCN(CC)C(=O)C(C)N1CCN(CCC(=O)O)CC1. The largest absolute Gasteiger partial charge is 0.481 e. The van der Waals surface area contributed by atoms with Gasteiger partial charge in [0.05, 0.1) is 12.5 Å². The molecule has 1 saturated heterocycles. The second kappa shape index (κ2) is 8.21. The molecule has 0 bridgehead atoms. The van der Waals surface area contributed by atoms with Crippen LogP contribution in [0, 0.1) is 0 Å². The van der Waals surface area contributed by atoms with Crippen molar-refractivity contribution >= 4 is 11.9 Å². The zero-order chi connectivity index (χ0) is 15.1. The van der Waals surface area contributed by atoms with E-state index in [2.05, 4.69) is 9.80 Å². The molecule has 1 aliphatic rings. The van der Waals surface area contributed by atoms with E-state index in [1.54, 1.807) is 0 Å². The van der Waals surface area contributed by atoms with Crippen LogP contribution in [-0.4, -0.2) is 83.5 Å². The summed E-state index contributed by atoms with van der Waals surface area (Å²) in [5.41, 5.74) is 0. The molecule has 0 aromatic heterocycles. The molecule has 6 heteroatoms. The van der Waals surface area contributed by atoms with Crippen molar-refractivity contribution in [3.05, 3.63) is 0 Å². The predicted octanol–water partition coefficient (Wildman–Crippen LogP) is 0.336. The summed E-state index contributed by atoms with van der Waals surface area (Å²) in [6, 6.07) is -0.0866. The summed E-state index contributed by atoms with van der Waals surface area (Å²) in [5.74, 6) is -0.563. The van der Waals surface area contributed by atoms with E-state index in [0.29, 0.717) is 6.54 Å². The van der Waals surface area contributed by atoms with Crippen molar-refractivity contribution in [1.82, 2.24) is 14.7 Å². The van der Waals surface area contributed by atoms with Crippen molar-refractivity contribution < 1.29 is 14.7 Å². The minimum Gasteiger partial charge on any atom is -0.481 e. The fraction of sp³-hybridized carbons (Fsp3) is 0.857. The van der Waals surface area contributed by atoms with Gasteiger partial charge in [-0.3, -0.25) is 14.5 Å². The van der Waals surface area contributed by atoms with Crippen LogP contribution >= 0.6 is 0 Å². The maximum atomic E-state index is 12.3. The number of likely N-dealkylation sites (N-methyl/N-ethyl adjacent to an activating group) is 1. The van der Waals surface area contributed by atoms with Gasteiger partial charge in [0.15, 0.2) is 0 Å². The third kappa shape index (κ3) is 4.76. The highest BCUT2D eigenvalue weighted by Crippen LogP contribution is 2.09. The van der Waals surface area contributed by atoms with Gasteiger partial charge < -0.3 is 14.9 Å². The fourth-order valence-corrected chi connectivity index (χ4v) is 2.58. The molecule has 1 rings (SSSR count). The van der Waals surface area contributed by atoms with Crippen LogP contribution in [0.1, 0.15) is 27.2 Å². The van der Waals surface area contributed by atoms with Crippen LogP contribution in [0.2, 0.25) is 0 Å². The topological polar surface area (TPSA) is 64.1 Å². The van der Waals surface area contributed by atoms with E-state index in [0.717, 1.165) is 39.3 Å². The molecule has 1 N–H and O–H groups in total. The van der Waals surface area contributed by atoms with Crippen LogP contribution in [0.15, 0.2) is 0 Å². The lowest BCUT2D eigenvalue weighted by Crippen LogP contribution is -2.54. The van der Waals surface area contributed by atoms with Crippen LogP contribution < -0.4 is 0 Å². The Kier molecular flexibility index (Phi) is 6.95. The van der Waals surface area contributed by atoms with Crippen LogP contribution in [0.3, 0.4) is 0 Å². The first-order chi connectivity index (χ1) is 9.49. The maximum absolute atomic E-state index is 12.3. The third-order valence-corrected chi connectivity index (χ3v) is 4.03. The Hall–Kier alpha value is -1.14. The first-order valence-electron chi connectivity index (χ1n) is 7.46. The summed E-state index contributed by atoms with van der Waals surface area (Å²) in [4.78, 5) is 29.1. The number of aliphatic carboxylic acids is 1. The number of carboxylic acids is 1. The minimum absolute atomic E-state index is 0.0866. The summed E-state index contributed by atoms with van der Waals surface area (Å²) in [6.45, 7) is 11.4. The number of hydrogen-bond acceptors (Lipinski definition) is 4. The number of nitrogens with zero attached hydrogens (tertiary/aromatic N) is 3. The quantitative estimate of drug-likeness (QED) is 0.730. The van der Waals surface area contributed by atoms with E-state index in [1.165, 1.54) is 0 Å². The van der Waals surface area contributed by atoms with Gasteiger partial charge in [-0.25, -0.2) is 0 Å². The number of rotatable bonds is 7. The van der Waals surface area contributed by atoms with Gasteiger partial charge in [-0.2, -0.15) is 0 Å². The van der Waals surface area contributed by atoms with E-state index < -0.39 is 5.97 Å². The average Bonchev–Trinajstić information content (AvgIpc) is 2.46. The van der Waals surface area contributed by atoms with Gasteiger partial charge in [-0.1, -0.05) is 0 Å². The lowest BCUT2D eigenvalue weighted by molar-refractivity contribution is -0.137. The highest BCUT2D eigenvalue weighted by Gasteiger charge is 2.27. The van der Waals surface area contributed by atoms with Gasteiger partial charge in [0.1, 0.15) is 0 Å². The molecule has 1 fully saturated rings. The molecule has 0 aliphatic carbocycles. The number of hydrogen-bond donors (Lipinski definition) is 1. The molecule has 1 unspecified atom stereocenters. The van der Waals surface area contributed by atoms with Crippen molar-refractivity contribution in [2.24, 2.45) is 0 Å². The second-order valence-corrected chi connectivity index (χ2v) is 5.21. The molecule has 1 heterocycles. The molecule has 0 aromatic carbocycles. The molecule has 0 spiro atoms. The first kappa shape index (κ1) is 16.9. The highest BCUT2D eigenvalue weighted by atomic mass is 16.4. The van der Waals surface area contributed by atoms with E-state index in [1.807, 2.05) is 25.7 Å². The molecule has 6 nitrogen and oxygen atoms in total. The van der Waals surface area contributed by atoms with Crippen LogP contribution in [-0.2, 0) is 9.59 Å². The number of piperazine rings is 1.